The van der Waals surface area contributed by atoms with Gasteiger partial charge < -0.3 is 19.5 Å². The first-order valence-corrected chi connectivity index (χ1v) is 10.9. The third-order valence-corrected chi connectivity index (χ3v) is 5.92. The molecule has 0 spiro atoms. The van der Waals surface area contributed by atoms with Crippen LogP contribution in [0.1, 0.15) is 16.7 Å². The van der Waals surface area contributed by atoms with E-state index in [9.17, 15) is 14.9 Å². The first kappa shape index (κ1) is 22.3. The number of nitrogens with zero attached hydrogens (tertiary/aromatic N) is 3. The number of morpholine rings is 1. The second kappa shape index (κ2) is 9.72. The van der Waals surface area contributed by atoms with E-state index in [0.717, 1.165) is 22.0 Å². The number of rotatable bonds is 5. The van der Waals surface area contributed by atoms with Gasteiger partial charge in [-0.3, -0.25) is 9.59 Å². The summed E-state index contributed by atoms with van der Waals surface area (Å²) in [7, 11) is 0. The predicted octanol–water partition coefficient (Wildman–Crippen LogP) is 3.66. The molecule has 7 heteroatoms. The summed E-state index contributed by atoms with van der Waals surface area (Å²) in [5.41, 5.74) is 4.41. The van der Waals surface area contributed by atoms with Crippen molar-refractivity contribution in [3.05, 3.63) is 70.9 Å². The SMILES string of the molecule is Cc1ccc(NC(=O)C(C#N)=Cc2cn(CC(=O)N3CCOCC3)c3ccccc23)cc1C. The summed E-state index contributed by atoms with van der Waals surface area (Å²) < 4.78 is 7.20. The summed E-state index contributed by atoms with van der Waals surface area (Å²) in [6, 6.07) is 15.3. The van der Waals surface area contributed by atoms with Crippen molar-refractivity contribution in [1.82, 2.24) is 9.47 Å². The lowest BCUT2D eigenvalue weighted by atomic mass is 10.1. The molecule has 0 radical (unpaired) electrons. The number of anilines is 1. The van der Waals surface area contributed by atoms with Crippen LogP contribution in [0.25, 0.3) is 17.0 Å². The molecule has 1 aliphatic rings. The highest BCUT2D eigenvalue weighted by molar-refractivity contribution is 6.10. The number of fused-ring (bicyclic) bond motifs is 1. The maximum Gasteiger partial charge on any atom is 0.266 e. The number of aryl methyl sites for hydroxylation is 2. The van der Waals surface area contributed by atoms with Crippen molar-refractivity contribution >= 4 is 34.5 Å². The van der Waals surface area contributed by atoms with Gasteiger partial charge in [-0.05, 0) is 49.2 Å². The smallest absolute Gasteiger partial charge is 0.266 e. The first-order valence-electron chi connectivity index (χ1n) is 10.9. The van der Waals surface area contributed by atoms with E-state index >= 15 is 0 Å². The second-order valence-corrected chi connectivity index (χ2v) is 8.15. The molecule has 0 aliphatic carbocycles. The van der Waals surface area contributed by atoms with Crippen LogP contribution in [0.4, 0.5) is 5.69 Å². The Balaban J connectivity index is 1.61. The number of nitrogens with one attached hydrogen (secondary N) is 1. The van der Waals surface area contributed by atoms with Gasteiger partial charge in [0.05, 0.1) is 13.2 Å². The Morgan fingerprint density at radius 3 is 2.61 bits per heavy atom. The number of benzene rings is 2. The van der Waals surface area contributed by atoms with Crippen LogP contribution in [0.3, 0.4) is 0 Å². The Labute approximate surface area is 192 Å². The molecular weight excluding hydrogens is 416 g/mol. The lowest BCUT2D eigenvalue weighted by Crippen LogP contribution is -2.42. The largest absolute Gasteiger partial charge is 0.378 e. The molecule has 33 heavy (non-hydrogen) atoms. The summed E-state index contributed by atoms with van der Waals surface area (Å²) in [6.45, 7) is 6.43. The molecule has 0 bridgehead atoms. The zero-order chi connectivity index (χ0) is 23.4. The van der Waals surface area contributed by atoms with Crippen LogP contribution in [0.2, 0.25) is 0 Å². The van der Waals surface area contributed by atoms with Gasteiger partial charge in [0, 0.05) is 41.4 Å². The van der Waals surface area contributed by atoms with E-state index in [-0.39, 0.29) is 18.0 Å². The average molecular weight is 443 g/mol. The quantitative estimate of drug-likeness (QED) is 0.483. The number of hydrogen-bond acceptors (Lipinski definition) is 4. The first-order chi connectivity index (χ1) is 16.0. The molecule has 1 aromatic heterocycles. The molecule has 2 aromatic carbocycles. The topological polar surface area (TPSA) is 87.4 Å². The minimum Gasteiger partial charge on any atom is -0.378 e. The average Bonchev–Trinajstić information content (AvgIpc) is 3.17. The summed E-state index contributed by atoms with van der Waals surface area (Å²) >= 11 is 0. The molecule has 1 N–H and O–H groups in total. The summed E-state index contributed by atoms with van der Waals surface area (Å²) in [6.07, 6.45) is 3.40. The lowest BCUT2D eigenvalue weighted by Gasteiger charge is -2.27. The van der Waals surface area contributed by atoms with Crippen LogP contribution >= 0.6 is 0 Å². The molecule has 1 fully saturated rings. The number of ether oxygens (including phenoxy) is 1. The molecule has 0 atom stereocenters. The van der Waals surface area contributed by atoms with E-state index in [1.165, 1.54) is 0 Å². The molecule has 2 amide bonds. The van der Waals surface area contributed by atoms with E-state index in [1.54, 1.807) is 11.0 Å². The molecule has 1 aliphatic heterocycles. The fourth-order valence-electron chi connectivity index (χ4n) is 3.90. The van der Waals surface area contributed by atoms with E-state index < -0.39 is 5.91 Å². The van der Waals surface area contributed by atoms with Gasteiger partial charge in [0.1, 0.15) is 18.2 Å². The summed E-state index contributed by atoms with van der Waals surface area (Å²) in [5.74, 6) is -0.454. The molecule has 4 rings (SSSR count). The third kappa shape index (κ3) is 4.97. The van der Waals surface area contributed by atoms with Crippen LogP contribution in [0, 0.1) is 25.2 Å². The highest BCUT2D eigenvalue weighted by Crippen LogP contribution is 2.24. The molecule has 168 valence electrons. The van der Waals surface area contributed by atoms with Crippen molar-refractivity contribution in [3.63, 3.8) is 0 Å². The highest BCUT2D eigenvalue weighted by atomic mass is 16.5. The van der Waals surface area contributed by atoms with Crippen LogP contribution in [-0.2, 0) is 20.9 Å². The molecular formula is C26H26N4O3. The van der Waals surface area contributed by atoms with Crippen molar-refractivity contribution in [3.8, 4) is 6.07 Å². The van der Waals surface area contributed by atoms with Crippen molar-refractivity contribution in [2.75, 3.05) is 31.6 Å². The van der Waals surface area contributed by atoms with Crippen molar-refractivity contribution in [1.29, 1.82) is 5.26 Å². The second-order valence-electron chi connectivity index (χ2n) is 8.15. The molecule has 1 saturated heterocycles. The minimum absolute atomic E-state index is 0.00404. The van der Waals surface area contributed by atoms with Crippen molar-refractivity contribution in [2.45, 2.75) is 20.4 Å². The van der Waals surface area contributed by atoms with E-state index in [4.69, 9.17) is 4.74 Å². The number of carbonyl (C=O) groups excluding carboxylic acids is 2. The monoisotopic (exact) mass is 442 g/mol. The third-order valence-electron chi connectivity index (χ3n) is 5.92. The predicted molar refractivity (Wildman–Crippen MR) is 127 cm³/mol. The number of carbonyl (C=O) groups is 2. The van der Waals surface area contributed by atoms with Crippen molar-refractivity contribution < 1.29 is 14.3 Å². The van der Waals surface area contributed by atoms with Crippen LogP contribution in [0.15, 0.2) is 54.2 Å². The zero-order valence-corrected chi connectivity index (χ0v) is 18.8. The molecule has 3 aromatic rings. The number of aromatic nitrogens is 1. The van der Waals surface area contributed by atoms with Gasteiger partial charge in [-0.1, -0.05) is 24.3 Å². The molecule has 7 nitrogen and oxygen atoms in total. The Morgan fingerprint density at radius 2 is 1.88 bits per heavy atom. The van der Waals surface area contributed by atoms with Crippen LogP contribution < -0.4 is 5.32 Å². The maximum atomic E-state index is 12.8. The van der Waals surface area contributed by atoms with Gasteiger partial charge in [0.2, 0.25) is 5.91 Å². The van der Waals surface area contributed by atoms with Crippen LogP contribution in [0.5, 0.6) is 0 Å². The lowest BCUT2D eigenvalue weighted by molar-refractivity contribution is -0.135. The number of para-hydroxylation sites is 1. The van der Waals surface area contributed by atoms with Gasteiger partial charge in [-0.25, -0.2) is 0 Å². The maximum absolute atomic E-state index is 12.8. The number of nitriles is 1. The Kier molecular flexibility index (Phi) is 6.57. The molecule has 0 saturated carbocycles. The number of hydrogen-bond donors (Lipinski definition) is 1. The highest BCUT2D eigenvalue weighted by Gasteiger charge is 2.19. The number of amides is 2. The van der Waals surface area contributed by atoms with Gasteiger partial charge in [0.15, 0.2) is 0 Å². The van der Waals surface area contributed by atoms with E-state index in [0.29, 0.717) is 37.6 Å². The van der Waals surface area contributed by atoms with Crippen molar-refractivity contribution in [2.24, 2.45) is 0 Å². The Morgan fingerprint density at radius 1 is 1.12 bits per heavy atom. The molecule has 2 heterocycles. The van der Waals surface area contributed by atoms with Gasteiger partial charge in [-0.15, -0.1) is 0 Å². The fraction of sp³-hybridized carbons (Fsp3) is 0.269. The van der Waals surface area contributed by atoms with Gasteiger partial charge in [0.25, 0.3) is 5.91 Å². The minimum atomic E-state index is -0.470. The fourth-order valence-corrected chi connectivity index (χ4v) is 3.90. The Bertz CT molecular complexity index is 1280. The van der Waals surface area contributed by atoms with E-state index in [1.807, 2.05) is 73.1 Å². The van der Waals surface area contributed by atoms with Gasteiger partial charge in [-0.2, -0.15) is 5.26 Å². The normalized spacial score (nSPS) is 14.2. The Hall–Kier alpha value is -3.89. The zero-order valence-electron chi connectivity index (χ0n) is 18.8. The van der Waals surface area contributed by atoms with Crippen LogP contribution in [-0.4, -0.2) is 47.6 Å². The summed E-state index contributed by atoms with van der Waals surface area (Å²) in [4.78, 5) is 27.4. The molecule has 0 unspecified atom stereocenters. The van der Waals surface area contributed by atoms with E-state index in [2.05, 4.69) is 5.32 Å². The summed E-state index contributed by atoms with van der Waals surface area (Å²) in [5, 5.41) is 13.3. The standard InChI is InChI=1S/C26H26N4O3/c1-18-7-8-22(13-19(18)2)28-26(32)20(15-27)14-21-16-30(24-6-4-3-5-23(21)24)17-25(31)29-9-11-33-12-10-29/h3-8,13-14,16H,9-12,17H2,1-2H3,(H,28,32). The van der Waals surface area contributed by atoms with Gasteiger partial charge >= 0.3 is 0 Å².